The monoisotopic (exact) mass is 296 g/mol. The van der Waals surface area contributed by atoms with Gasteiger partial charge in [0.05, 0.1) is 7.11 Å². The Kier molecular flexibility index (Phi) is 5.31. The minimum Gasteiger partial charge on any atom is -0.468 e. The fourth-order valence-corrected chi connectivity index (χ4v) is 3.53. The van der Waals surface area contributed by atoms with Crippen molar-refractivity contribution < 1.29 is 9.53 Å². The van der Waals surface area contributed by atoms with Gasteiger partial charge in [-0.3, -0.25) is 10.1 Å². The van der Waals surface area contributed by atoms with Crippen molar-refractivity contribution in [3.8, 4) is 0 Å². The summed E-state index contributed by atoms with van der Waals surface area (Å²) in [5.74, 6) is -0.117. The summed E-state index contributed by atoms with van der Waals surface area (Å²) in [6, 6.07) is 0.517. The molecule has 1 aliphatic carbocycles. The van der Waals surface area contributed by atoms with Gasteiger partial charge >= 0.3 is 5.97 Å². The third-order valence-electron chi connectivity index (χ3n) is 4.87. The number of ether oxygens (including phenoxy) is 1. The Bertz CT molecular complexity index is 366. The minimum absolute atomic E-state index is 0.117. The number of likely N-dealkylation sites (tertiary alicyclic amines) is 1. The van der Waals surface area contributed by atoms with E-state index in [9.17, 15) is 4.79 Å². The van der Waals surface area contributed by atoms with E-state index >= 15 is 0 Å². The molecule has 0 bridgehead atoms. The van der Waals surface area contributed by atoms with E-state index in [1.165, 1.54) is 45.9 Å². The van der Waals surface area contributed by atoms with Gasteiger partial charge in [0.1, 0.15) is 5.54 Å². The van der Waals surface area contributed by atoms with Crippen molar-refractivity contribution in [1.82, 2.24) is 10.2 Å². The molecule has 1 aliphatic heterocycles. The molecule has 1 unspecified atom stereocenters. The quantitative estimate of drug-likeness (QED) is 0.733. The maximum absolute atomic E-state index is 12.1. The van der Waals surface area contributed by atoms with Crippen molar-refractivity contribution >= 4 is 5.97 Å². The van der Waals surface area contributed by atoms with Crippen molar-refractivity contribution in [3.63, 3.8) is 0 Å². The first kappa shape index (κ1) is 16.8. The van der Waals surface area contributed by atoms with Crippen LogP contribution in [0, 0.1) is 5.41 Å². The molecule has 0 aromatic rings. The van der Waals surface area contributed by atoms with Gasteiger partial charge in [0.25, 0.3) is 0 Å². The zero-order chi connectivity index (χ0) is 15.5. The molecule has 1 saturated heterocycles. The van der Waals surface area contributed by atoms with Crippen LogP contribution in [0.5, 0.6) is 0 Å². The Hall–Kier alpha value is -0.610. The van der Waals surface area contributed by atoms with Gasteiger partial charge in [0.15, 0.2) is 0 Å². The van der Waals surface area contributed by atoms with Crippen molar-refractivity contribution in [2.75, 3.05) is 26.7 Å². The lowest BCUT2D eigenvalue weighted by Crippen LogP contribution is -2.51. The largest absolute Gasteiger partial charge is 0.468 e. The standard InChI is InChI=1S/C17H32N2O2/c1-16(2)9-5-11-19(13-16)12-6-10-17(3,15(20)21-4)18-14-7-8-14/h14,18H,5-13H2,1-4H3. The van der Waals surface area contributed by atoms with E-state index < -0.39 is 5.54 Å². The number of carbonyl (C=O) groups is 1. The van der Waals surface area contributed by atoms with Crippen LogP contribution in [0.2, 0.25) is 0 Å². The highest BCUT2D eigenvalue weighted by Gasteiger charge is 2.39. The van der Waals surface area contributed by atoms with Gasteiger partial charge in [0.2, 0.25) is 0 Å². The highest BCUT2D eigenvalue weighted by Crippen LogP contribution is 2.29. The van der Waals surface area contributed by atoms with Crippen LogP contribution < -0.4 is 5.32 Å². The Morgan fingerprint density at radius 1 is 1.43 bits per heavy atom. The van der Waals surface area contributed by atoms with Gasteiger partial charge < -0.3 is 9.64 Å². The van der Waals surface area contributed by atoms with Gasteiger partial charge in [-0.1, -0.05) is 13.8 Å². The molecule has 0 aromatic heterocycles. The average Bonchev–Trinajstić information content (AvgIpc) is 3.20. The average molecular weight is 296 g/mol. The van der Waals surface area contributed by atoms with E-state index in [1.54, 1.807) is 0 Å². The van der Waals surface area contributed by atoms with E-state index in [-0.39, 0.29) is 5.97 Å². The first-order valence-corrected chi connectivity index (χ1v) is 8.43. The highest BCUT2D eigenvalue weighted by atomic mass is 16.5. The lowest BCUT2D eigenvalue weighted by Gasteiger charge is -2.38. The van der Waals surface area contributed by atoms with Crippen molar-refractivity contribution in [1.29, 1.82) is 0 Å². The second-order valence-corrected chi connectivity index (χ2v) is 7.89. The number of nitrogens with zero attached hydrogens (tertiary/aromatic N) is 1. The van der Waals surface area contributed by atoms with Crippen LogP contribution in [0.25, 0.3) is 0 Å². The molecule has 2 fully saturated rings. The molecule has 0 aromatic carbocycles. The van der Waals surface area contributed by atoms with E-state index in [2.05, 4.69) is 24.1 Å². The summed E-state index contributed by atoms with van der Waals surface area (Å²) in [7, 11) is 1.49. The molecule has 1 saturated carbocycles. The van der Waals surface area contributed by atoms with Gasteiger partial charge in [-0.05, 0) is 64.0 Å². The zero-order valence-corrected chi connectivity index (χ0v) is 14.2. The maximum atomic E-state index is 12.1. The molecule has 0 radical (unpaired) electrons. The highest BCUT2D eigenvalue weighted by molar-refractivity contribution is 5.80. The maximum Gasteiger partial charge on any atom is 0.325 e. The number of esters is 1. The predicted octanol–water partition coefficient (Wildman–Crippen LogP) is 2.57. The summed E-state index contributed by atoms with van der Waals surface area (Å²) in [6.45, 7) is 10.2. The number of methoxy groups -OCH3 is 1. The van der Waals surface area contributed by atoms with Crippen LogP contribution >= 0.6 is 0 Å². The molecule has 4 nitrogen and oxygen atoms in total. The second-order valence-electron chi connectivity index (χ2n) is 7.89. The summed E-state index contributed by atoms with van der Waals surface area (Å²) in [5, 5.41) is 3.48. The Labute approximate surface area is 129 Å². The summed E-state index contributed by atoms with van der Waals surface area (Å²) in [4.78, 5) is 14.6. The summed E-state index contributed by atoms with van der Waals surface area (Å²) in [5.41, 5.74) is -0.0720. The van der Waals surface area contributed by atoms with Crippen LogP contribution in [0.3, 0.4) is 0 Å². The Morgan fingerprint density at radius 2 is 2.14 bits per heavy atom. The molecule has 2 rings (SSSR count). The van der Waals surface area contributed by atoms with Crippen molar-refractivity contribution in [2.45, 2.75) is 70.9 Å². The van der Waals surface area contributed by atoms with Crippen LogP contribution in [0.15, 0.2) is 0 Å². The molecule has 1 atom stereocenters. The molecule has 2 aliphatic rings. The fourth-order valence-electron chi connectivity index (χ4n) is 3.53. The zero-order valence-electron chi connectivity index (χ0n) is 14.2. The number of nitrogens with one attached hydrogen (secondary N) is 1. The molecular weight excluding hydrogens is 264 g/mol. The van der Waals surface area contributed by atoms with Gasteiger partial charge in [0, 0.05) is 12.6 Å². The predicted molar refractivity (Wildman–Crippen MR) is 85.3 cm³/mol. The molecule has 0 amide bonds. The number of rotatable bonds is 7. The summed E-state index contributed by atoms with van der Waals surface area (Å²) in [6.07, 6.45) is 6.89. The van der Waals surface area contributed by atoms with Crippen LogP contribution in [0.1, 0.15) is 59.3 Å². The van der Waals surface area contributed by atoms with Crippen LogP contribution in [-0.4, -0.2) is 49.2 Å². The minimum atomic E-state index is -0.513. The Morgan fingerprint density at radius 3 is 2.71 bits per heavy atom. The molecule has 21 heavy (non-hydrogen) atoms. The van der Waals surface area contributed by atoms with E-state index in [4.69, 9.17) is 4.74 Å². The molecule has 122 valence electrons. The second kappa shape index (κ2) is 6.66. The van der Waals surface area contributed by atoms with Gasteiger partial charge in [-0.25, -0.2) is 0 Å². The lowest BCUT2D eigenvalue weighted by molar-refractivity contribution is -0.148. The summed E-state index contributed by atoms with van der Waals surface area (Å²) < 4.78 is 5.00. The molecule has 0 spiro atoms. The normalized spacial score (nSPS) is 25.3. The van der Waals surface area contributed by atoms with Gasteiger partial charge in [-0.15, -0.1) is 0 Å². The van der Waals surface area contributed by atoms with Crippen LogP contribution in [0.4, 0.5) is 0 Å². The molecule has 1 heterocycles. The third-order valence-corrected chi connectivity index (χ3v) is 4.87. The number of hydrogen-bond acceptors (Lipinski definition) is 4. The number of piperidine rings is 1. The molecular formula is C17H32N2O2. The third kappa shape index (κ3) is 4.96. The van der Waals surface area contributed by atoms with E-state index in [0.29, 0.717) is 11.5 Å². The molecule has 1 N–H and O–H groups in total. The van der Waals surface area contributed by atoms with E-state index in [1.807, 2.05) is 6.92 Å². The number of hydrogen-bond donors (Lipinski definition) is 1. The van der Waals surface area contributed by atoms with Gasteiger partial charge in [-0.2, -0.15) is 0 Å². The summed E-state index contributed by atoms with van der Waals surface area (Å²) >= 11 is 0. The SMILES string of the molecule is COC(=O)C(C)(CCCN1CCCC(C)(C)C1)NC1CC1. The first-order chi connectivity index (χ1) is 9.85. The Balaban J connectivity index is 1.80. The van der Waals surface area contributed by atoms with Crippen molar-refractivity contribution in [2.24, 2.45) is 5.41 Å². The van der Waals surface area contributed by atoms with Crippen LogP contribution in [-0.2, 0) is 9.53 Å². The smallest absolute Gasteiger partial charge is 0.325 e. The topological polar surface area (TPSA) is 41.6 Å². The van der Waals surface area contributed by atoms with Crippen molar-refractivity contribution in [3.05, 3.63) is 0 Å². The van der Waals surface area contributed by atoms with E-state index in [0.717, 1.165) is 19.4 Å². The lowest BCUT2D eigenvalue weighted by atomic mass is 9.84. The molecule has 4 heteroatoms. The number of carbonyl (C=O) groups excluding carboxylic acids is 1. The first-order valence-electron chi connectivity index (χ1n) is 8.43. The fraction of sp³-hybridized carbons (Fsp3) is 0.941.